The van der Waals surface area contributed by atoms with Crippen LogP contribution in [0.5, 0.6) is 17.2 Å². The van der Waals surface area contributed by atoms with Gasteiger partial charge < -0.3 is 25.4 Å². The molecule has 0 radical (unpaired) electrons. The average molecular weight is 542 g/mol. The zero-order chi connectivity index (χ0) is 23.4. The van der Waals surface area contributed by atoms with E-state index < -0.39 is 0 Å². The number of carbonyl (C=O) groups is 2. The predicted octanol–water partition coefficient (Wildman–Crippen LogP) is 5.22. The van der Waals surface area contributed by atoms with Crippen molar-refractivity contribution in [3.8, 4) is 17.2 Å². The van der Waals surface area contributed by atoms with Crippen molar-refractivity contribution in [3.63, 3.8) is 0 Å². The molecule has 3 aromatic rings. The molecule has 6 rings (SSSR count). The average Bonchev–Trinajstić information content (AvgIpc) is 3.32. The molecule has 3 atom stereocenters. The third kappa shape index (κ3) is 3.84. The van der Waals surface area contributed by atoms with Crippen LogP contribution in [0.15, 0.2) is 53.1 Å². The first-order chi connectivity index (χ1) is 16.5. The minimum absolute atomic E-state index is 0.0448. The molecule has 8 nitrogen and oxygen atoms in total. The molecule has 1 aliphatic carbocycles. The smallest absolute Gasteiger partial charge is 0.319 e. The highest BCUT2D eigenvalue weighted by Crippen LogP contribution is 2.54. The molecule has 1 aromatic heterocycles. The van der Waals surface area contributed by atoms with Gasteiger partial charge in [-0.1, -0.05) is 27.5 Å². The fourth-order valence-electron chi connectivity index (χ4n) is 4.46. The van der Waals surface area contributed by atoms with Crippen LogP contribution in [-0.2, 0) is 11.2 Å². The van der Waals surface area contributed by atoms with Gasteiger partial charge in [0.1, 0.15) is 29.2 Å². The topological polar surface area (TPSA) is 102 Å². The number of amides is 3. The number of carbonyl (C=O) groups excluding carboxylic acids is 2. The number of nitrogens with one attached hydrogen (secondary N) is 3. The number of pyridine rings is 1. The molecular weight excluding hydrogens is 524 g/mol. The summed E-state index contributed by atoms with van der Waals surface area (Å²) in [6.07, 6.45) is 2.48. The summed E-state index contributed by atoms with van der Waals surface area (Å²) in [5.41, 5.74) is 2.40. The standard InChI is InChI=1S/C24H18BrClN4O4/c25-11-1-4-16(15(26)9-11)28-24(32)30-21-20-14-10-12(2-5-17(14)34-22(20)21)33-18-7-8-27-23-13(18)3-6-19(31)29-23/h1-2,4-5,7-10,20-22H,3,6H2,(H,27,29,31)(H2,28,30,32)/t20-,21+,22-/m0/s1. The summed E-state index contributed by atoms with van der Waals surface area (Å²) in [5.74, 6) is 2.66. The lowest BCUT2D eigenvalue weighted by molar-refractivity contribution is -0.116. The van der Waals surface area contributed by atoms with Gasteiger partial charge >= 0.3 is 6.03 Å². The predicted molar refractivity (Wildman–Crippen MR) is 130 cm³/mol. The van der Waals surface area contributed by atoms with Gasteiger partial charge in [0, 0.05) is 28.2 Å². The quantitative estimate of drug-likeness (QED) is 0.420. The number of rotatable bonds is 4. The van der Waals surface area contributed by atoms with E-state index in [1.54, 1.807) is 24.4 Å². The van der Waals surface area contributed by atoms with Crippen molar-refractivity contribution in [2.75, 3.05) is 10.6 Å². The lowest BCUT2D eigenvalue weighted by atomic mass is 10.1. The van der Waals surface area contributed by atoms with Crippen molar-refractivity contribution < 1.29 is 19.1 Å². The van der Waals surface area contributed by atoms with E-state index >= 15 is 0 Å². The SMILES string of the molecule is O=C1CCc2c(Oc3ccc4c(c3)[C@H]3[C@@H](NC(=O)Nc5ccc(Br)cc5Cl)[C@H]3O4)ccnc2N1. The van der Waals surface area contributed by atoms with Crippen LogP contribution in [0, 0.1) is 0 Å². The highest BCUT2D eigenvalue weighted by atomic mass is 79.9. The fraction of sp³-hybridized carbons (Fsp3) is 0.208. The summed E-state index contributed by atoms with van der Waals surface area (Å²) in [6.45, 7) is 0. The Morgan fingerprint density at radius 3 is 2.94 bits per heavy atom. The van der Waals surface area contributed by atoms with E-state index in [2.05, 4.69) is 36.9 Å². The fourth-order valence-corrected chi connectivity index (χ4v) is 5.18. The van der Waals surface area contributed by atoms with Crippen LogP contribution in [0.25, 0.3) is 0 Å². The van der Waals surface area contributed by atoms with Crippen molar-refractivity contribution in [1.29, 1.82) is 0 Å². The van der Waals surface area contributed by atoms with Gasteiger partial charge in [-0.25, -0.2) is 9.78 Å². The van der Waals surface area contributed by atoms with E-state index in [9.17, 15) is 9.59 Å². The van der Waals surface area contributed by atoms with Crippen molar-refractivity contribution in [2.24, 2.45) is 0 Å². The normalized spacial score (nSPS) is 21.4. The van der Waals surface area contributed by atoms with E-state index in [0.29, 0.717) is 40.9 Å². The monoisotopic (exact) mass is 540 g/mol. The zero-order valence-corrected chi connectivity index (χ0v) is 19.9. The van der Waals surface area contributed by atoms with Crippen LogP contribution in [-0.4, -0.2) is 29.1 Å². The van der Waals surface area contributed by atoms with Crippen LogP contribution >= 0.6 is 27.5 Å². The maximum Gasteiger partial charge on any atom is 0.319 e. The van der Waals surface area contributed by atoms with Crippen LogP contribution < -0.4 is 25.4 Å². The Morgan fingerprint density at radius 1 is 1.21 bits per heavy atom. The van der Waals surface area contributed by atoms with Crippen molar-refractivity contribution in [2.45, 2.75) is 30.9 Å². The number of anilines is 2. The molecule has 3 N–H and O–H groups in total. The van der Waals surface area contributed by atoms with Gasteiger partial charge in [-0.15, -0.1) is 0 Å². The Bertz CT molecular complexity index is 1350. The van der Waals surface area contributed by atoms with Gasteiger partial charge in [-0.05, 0) is 48.9 Å². The largest absolute Gasteiger partial charge is 0.487 e. The second-order valence-electron chi connectivity index (χ2n) is 8.34. The van der Waals surface area contributed by atoms with Crippen LogP contribution in [0.1, 0.15) is 23.5 Å². The summed E-state index contributed by atoms with van der Waals surface area (Å²) in [4.78, 5) is 28.4. The van der Waals surface area contributed by atoms with Gasteiger partial charge in [-0.3, -0.25) is 4.79 Å². The Kier molecular flexibility index (Phi) is 5.11. The van der Waals surface area contributed by atoms with Gasteiger partial charge in [0.05, 0.1) is 22.7 Å². The van der Waals surface area contributed by atoms with Crippen molar-refractivity contribution in [1.82, 2.24) is 10.3 Å². The molecule has 1 saturated carbocycles. The number of hydrogen-bond acceptors (Lipinski definition) is 5. The Balaban J connectivity index is 1.15. The lowest BCUT2D eigenvalue weighted by Crippen LogP contribution is -2.34. The third-order valence-electron chi connectivity index (χ3n) is 6.13. The zero-order valence-electron chi connectivity index (χ0n) is 17.6. The summed E-state index contributed by atoms with van der Waals surface area (Å²) in [7, 11) is 0. The van der Waals surface area contributed by atoms with Crippen LogP contribution in [0.4, 0.5) is 16.3 Å². The number of benzene rings is 2. The van der Waals surface area contributed by atoms with E-state index in [1.807, 2.05) is 24.3 Å². The molecule has 0 saturated heterocycles. The number of halogens is 2. The second kappa shape index (κ2) is 8.18. The van der Waals surface area contributed by atoms with Crippen LogP contribution in [0.2, 0.25) is 5.02 Å². The molecule has 0 unspecified atom stereocenters. The Morgan fingerprint density at radius 2 is 2.09 bits per heavy atom. The summed E-state index contributed by atoms with van der Waals surface area (Å²) in [6, 6.07) is 12.3. The molecule has 172 valence electrons. The second-order valence-corrected chi connectivity index (χ2v) is 9.67. The third-order valence-corrected chi connectivity index (χ3v) is 6.94. The summed E-state index contributed by atoms with van der Waals surface area (Å²) < 4.78 is 13.0. The molecule has 0 bridgehead atoms. The number of fused-ring (bicyclic) bond motifs is 4. The van der Waals surface area contributed by atoms with Crippen LogP contribution in [0.3, 0.4) is 0 Å². The van der Waals surface area contributed by atoms with Gasteiger partial charge in [0.15, 0.2) is 0 Å². The highest BCUT2D eigenvalue weighted by molar-refractivity contribution is 9.10. The Labute approximate surface area is 208 Å². The van der Waals surface area contributed by atoms with E-state index in [4.69, 9.17) is 21.1 Å². The molecular formula is C24H18BrClN4O4. The van der Waals surface area contributed by atoms with E-state index in [0.717, 1.165) is 21.3 Å². The summed E-state index contributed by atoms with van der Waals surface area (Å²) >= 11 is 9.54. The number of ether oxygens (including phenoxy) is 2. The van der Waals surface area contributed by atoms with Crippen molar-refractivity contribution >= 4 is 51.0 Å². The maximum atomic E-state index is 12.5. The molecule has 10 heteroatoms. The minimum atomic E-state index is -0.341. The van der Waals surface area contributed by atoms with E-state index in [-0.39, 0.29) is 30.0 Å². The lowest BCUT2D eigenvalue weighted by Gasteiger charge is -2.19. The molecule has 3 amide bonds. The molecule has 3 heterocycles. The number of urea groups is 1. The molecule has 2 aromatic carbocycles. The number of nitrogens with zero attached hydrogens (tertiary/aromatic N) is 1. The van der Waals surface area contributed by atoms with Gasteiger partial charge in [0.2, 0.25) is 5.91 Å². The summed E-state index contributed by atoms with van der Waals surface area (Å²) in [5, 5.41) is 8.97. The first-order valence-electron chi connectivity index (χ1n) is 10.7. The highest BCUT2D eigenvalue weighted by Gasteiger charge is 2.59. The molecule has 34 heavy (non-hydrogen) atoms. The Hall–Kier alpha value is -3.30. The number of hydrogen-bond donors (Lipinski definition) is 3. The minimum Gasteiger partial charge on any atom is -0.487 e. The van der Waals surface area contributed by atoms with Gasteiger partial charge in [0.25, 0.3) is 0 Å². The first kappa shape index (κ1) is 21.2. The molecule has 0 spiro atoms. The molecule has 1 fully saturated rings. The number of aromatic nitrogens is 1. The van der Waals surface area contributed by atoms with Gasteiger partial charge in [-0.2, -0.15) is 0 Å². The van der Waals surface area contributed by atoms with E-state index in [1.165, 1.54) is 0 Å². The first-order valence-corrected chi connectivity index (χ1v) is 11.9. The molecule has 3 aliphatic rings. The maximum absolute atomic E-state index is 12.5. The van der Waals surface area contributed by atoms with Crippen molar-refractivity contribution in [3.05, 3.63) is 69.3 Å². The molecule has 2 aliphatic heterocycles.